The van der Waals surface area contributed by atoms with Crippen LogP contribution in [0.1, 0.15) is 32.1 Å². The molecular weight excluding hydrogens is 380 g/mol. The number of halogens is 1. The van der Waals surface area contributed by atoms with Gasteiger partial charge in [0.1, 0.15) is 12.1 Å². The molecule has 4 rings (SSSR count). The average Bonchev–Trinajstić information content (AvgIpc) is 2.92. The molecule has 4 amide bonds. The summed E-state index contributed by atoms with van der Waals surface area (Å²) in [6, 6.07) is 7.23. The Morgan fingerprint density at radius 2 is 1.79 bits per heavy atom. The number of nitrogens with one attached hydrogen (secondary N) is 1. The molecule has 2 saturated heterocycles. The number of urea groups is 1. The molecule has 1 saturated carbocycles. The first-order chi connectivity index (χ1) is 13.5. The van der Waals surface area contributed by atoms with Crippen molar-refractivity contribution in [2.45, 2.75) is 37.6 Å². The van der Waals surface area contributed by atoms with Crippen LogP contribution in [0.25, 0.3) is 0 Å². The molecule has 0 bridgehead atoms. The van der Waals surface area contributed by atoms with E-state index >= 15 is 0 Å². The van der Waals surface area contributed by atoms with Gasteiger partial charge in [0.2, 0.25) is 5.91 Å². The Bertz CT molecular complexity index is 785. The predicted octanol–water partition coefficient (Wildman–Crippen LogP) is 2.24. The highest BCUT2D eigenvalue weighted by molar-refractivity contribution is 6.30. The molecule has 28 heavy (non-hydrogen) atoms. The lowest BCUT2D eigenvalue weighted by atomic mass is 9.82. The van der Waals surface area contributed by atoms with E-state index in [4.69, 9.17) is 11.6 Å². The second kappa shape index (κ2) is 7.62. The van der Waals surface area contributed by atoms with Gasteiger partial charge in [-0.2, -0.15) is 0 Å². The summed E-state index contributed by atoms with van der Waals surface area (Å²) in [4.78, 5) is 42.9. The van der Waals surface area contributed by atoms with E-state index in [-0.39, 0.29) is 18.4 Å². The summed E-state index contributed by atoms with van der Waals surface area (Å²) in [5.74, 6) is -0.412. The monoisotopic (exact) mass is 404 g/mol. The van der Waals surface area contributed by atoms with Gasteiger partial charge in [-0.1, -0.05) is 36.9 Å². The number of nitrogens with zero attached hydrogens (tertiary/aromatic N) is 3. The van der Waals surface area contributed by atoms with Crippen LogP contribution < -0.4 is 10.2 Å². The summed E-state index contributed by atoms with van der Waals surface area (Å²) >= 11 is 6.06. The minimum Gasteiger partial charge on any atom is -0.368 e. The maximum absolute atomic E-state index is 12.8. The lowest BCUT2D eigenvalue weighted by Crippen LogP contribution is -2.52. The lowest BCUT2D eigenvalue weighted by Gasteiger charge is -2.36. The molecule has 1 spiro atoms. The normalized spacial score (nSPS) is 22.0. The Kier molecular flexibility index (Phi) is 5.19. The molecule has 2 heterocycles. The highest BCUT2D eigenvalue weighted by Gasteiger charge is 2.51. The molecule has 8 heteroatoms. The van der Waals surface area contributed by atoms with Crippen molar-refractivity contribution in [3.63, 3.8) is 0 Å². The van der Waals surface area contributed by atoms with Crippen LogP contribution in [0.3, 0.4) is 0 Å². The van der Waals surface area contributed by atoms with Crippen molar-refractivity contribution in [1.82, 2.24) is 15.1 Å². The van der Waals surface area contributed by atoms with E-state index in [9.17, 15) is 14.4 Å². The topological polar surface area (TPSA) is 73.0 Å². The van der Waals surface area contributed by atoms with Crippen LogP contribution in [0.2, 0.25) is 5.02 Å². The van der Waals surface area contributed by atoms with Crippen LogP contribution in [-0.2, 0) is 9.59 Å². The molecule has 1 aromatic carbocycles. The van der Waals surface area contributed by atoms with Gasteiger partial charge in [0.25, 0.3) is 5.91 Å². The molecule has 1 aromatic rings. The number of rotatable bonds is 3. The van der Waals surface area contributed by atoms with Crippen LogP contribution in [0, 0.1) is 0 Å². The van der Waals surface area contributed by atoms with Crippen LogP contribution in [0.4, 0.5) is 10.5 Å². The van der Waals surface area contributed by atoms with Gasteiger partial charge < -0.3 is 15.1 Å². The first kappa shape index (κ1) is 19.1. The molecule has 0 aromatic heterocycles. The Labute approximate surface area is 169 Å². The van der Waals surface area contributed by atoms with E-state index in [2.05, 4.69) is 10.2 Å². The number of imide groups is 1. The maximum atomic E-state index is 12.8. The van der Waals surface area contributed by atoms with Crippen LogP contribution in [0.5, 0.6) is 0 Å². The van der Waals surface area contributed by atoms with Gasteiger partial charge in [0, 0.05) is 36.9 Å². The number of amides is 4. The van der Waals surface area contributed by atoms with Gasteiger partial charge in [-0.15, -0.1) is 0 Å². The van der Waals surface area contributed by atoms with E-state index in [0.717, 1.165) is 29.8 Å². The van der Waals surface area contributed by atoms with Gasteiger partial charge >= 0.3 is 6.03 Å². The maximum Gasteiger partial charge on any atom is 0.325 e. The number of carbonyl (C=O) groups excluding carboxylic acids is 3. The third-order valence-corrected chi connectivity index (χ3v) is 6.29. The lowest BCUT2D eigenvalue weighted by molar-refractivity contribution is -0.139. The number of hydrogen-bond acceptors (Lipinski definition) is 4. The molecule has 1 N–H and O–H groups in total. The van der Waals surface area contributed by atoms with E-state index < -0.39 is 11.6 Å². The van der Waals surface area contributed by atoms with Crippen molar-refractivity contribution in [2.24, 2.45) is 0 Å². The van der Waals surface area contributed by atoms with Gasteiger partial charge in [-0.05, 0) is 31.0 Å². The number of piperazine rings is 1. The largest absolute Gasteiger partial charge is 0.368 e. The molecule has 3 aliphatic rings. The van der Waals surface area contributed by atoms with Crippen LogP contribution in [-0.4, -0.2) is 65.9 Å². The summed E-state index contributed by atoms with van der Waals surface area (Å²) < 4.78 is 0. The summed E-state index contributed by atoms with van der Waals surface area (Å²) in [5, 5.41) is 3.54. The molecule has 2 aliphatic heterocycles. The SMILES string of the molecule is O=C(CN1C(=O)NC2(CCCCC2)C1=O)N1CCN(c2cccc(Cl)c2)CC1. The first-order valence-electron chi connectivity index (χ1n) is 9.91. The highest BCUT2D eigenvalue weighted by atomic mass is 35.5. The summed E-state index contributed by atoms with van der Waals surface area (Å²) in [7, 11) is 0. The smallest absolute Gasteiger partial charge is 0.325 e. The Morgan fingerprint density at radius 1 is 1.07 bits per heavy atom. The highest BCUT2D eigenvalue weighted by Crippen LogP contribution is 2.33. The van der Waals surface area contributed by atoms with Crippen LogP contribution in [0.15, 0.2) is 24.3 Å². The molecule has 150 valence electrons. The molecule has 0 atom stereocenters. The summed E-state index contributed by atoms with van der Waals surface area (Å²) in [6.45, 7) is 2.32. The third-order valence-electron chi connectivity index (χ3n) is 6.05. The molecule has 7 nitrogen and oxygen atoms in total. The van der Waals surface area contributed by atoms with Crippen molar-refractivity contribution >= 4 is 35.1 Å². The van der Waals surface area contributed by atoms with Gasteiger partial charge in [0.05, 0.1) is 0 Å². The van der Waals surface area contributed by atoms with Crippen molar-refractivity contribution in [3.8, 4) is 0 Å². The van der Waals surface area contributed by atoms with E-state index in [1.807, 2.05) is 24.3 Å². The predicted molar refractivity (Wildman–Crippen MR) is 106 cm³/mol. The van der Waals surface area contributed by atoms with Crippen LogP contribution >= 0.6 is 11.6 Å². The Hall–Kier alpha value is -2.28. The number of hydrogen-bond donors (Lipinski definition) is 1. The zero-order chi connectivity index (χ0) is 19.7. The number of carbonyl (C=O) groups is 3. The van der Waals surface area contributed by atoms with Gasteiger partial charge in [0.15, 0.2) is 0 Å². The fourth-order valence-electron chi connectivity index (χ4n) is 4.44. The molecule has 1 aliphatic carbocycles. The molecular formula is C20H25ClN4O3. The van der Waals surface area contributed by atoms with Crippen molar-refractivity contribution in [2.75, 3.05) is 37.6 Å². The zero-order valence-corrected chi connectivity index (χ0v) is 16.6. The van der Waals surface area contributed by atoms with E-state index in [0.29, 0.717) is 44.0 Å². The van der Waals surface area contributed by atoms with E-state index in [1.165, 1.54) is 0 Å². The molecule has 0 radical (unpaired) electrons. The fourth-order valence-corrected chi connectivity index (χ4v) is 4.62. The molecule has 3 fully saturated rings. The second-order valence-electron chi connectivity index (χ2n) is 7.81. The quantitative estimate of drug-likeness (QED) is 0.784. The fraction of sp³-hybridized carbons (Fsp3) is 0.550. The average molecular weight is 405 g/mol. The van der Waals surface area contributed by atoms with Gasteiger partial charge in [-0.3, -0.25) is 14.5 Å². The second-order valence-corrected chi connectivity index (χ2v) is 8.25. The minimum atomic E-state index is -0.777. The Morgan fingerprint density at radius 3 is 2.46 bits per heavy atom. The van der Waals surface area contributed by atoms with Crippen molar-refractivity contribution in [3.05, 3.63) is 29.3 Å². The van der Waals surface area contributed by atoms with Gasteiger partial charge in [-0.25, -0.2) is 4.79 Å². The summed E-state index contributed by atoms with van der Waals surface area (Å²) in [6.07, 6.45) is 4.28. The van der Waals surface area contributed by atoms with E-state index in [1.54, 1.807) is 4.90 Å². The summed E-state index contributed by atoms with van der Waals surface area (Å²) in [5.41, 5.74) is 0.258. The Balaban J connectivity index is 1.34. The zero-order valence-electron chi connectivity index (χ0n) is 15.8. The van der Waals surface area contributed by atoms with Crippen molar-refractivity contribution in [1.29, 1.82) is 0 Å². The minimum absolute atomic E-state index is 0.177. The number of benzene rings is 1. The molecule has 0 unspecified atom stereocenters. The first-order valence-corrected chi connectivity index (χ1v) is 10.3. The number of anilines is 1. The van der Waals surface area contributed by atoms with Crippen molar-refractivity contribution < 1.29 is 14.4 Å². The standard InChI is InChI=1S/C20H25ClN4O3/c21-15-5-4-6-16(13-15)23-9-11-24(12-10-23)17(26)14-25-18(27)20(22-19(25)28)7-2-1-3-8-20/h4-6,13H,1-3,7-12,14H2,(H,22,28). The third kappa shape index (κ3) is 3.55.